The minimum absolute atomic E-state index is 0.156. The summed E-state index contributed by atoms with van der Waals surface area (Å²) in [6, 6.07) is 15.3. The van der Waals surface area contributed by atoms with Crippen molar-refractivity contribution >= 4 is 22.6 Å². The molecule has 1 fully saturated rings. The summed E-state index contributed by atoms with van der Waals surface area (Å²) in [7, 11) is -0.404. The highest BCUT2D eigenvalue weighted by atomic mass is 32.2. The number of nitrogens with zero attached hydrogens (tertiary/aromatic N) is 4. The fraction of sp³-hybridized carbons (Fsp3) is 0.348. The molecule has 1 saturated heterocycles. The molecule has 170 valence electrons. The van der Waals surface area contributed by atoms with Crippen molar-refractivity contribution in [2.24, 2.45) is 0 Å². The number of aromatic nitrogens is 2. The van der Waals surface area contributed by atoms with E-state index in [2.05, 4.69) is 25.2 Å². The third kappa shape index (κ3) is 5.16. The maximum Gasteiger partial charge on any atom is 0.397 e. The van der Waals surface area contributed by atoms with E-state index in [9.17, 15) is 8.78 Å². The van der Waals surface area contributed by atoms with Crippen molar-refractivity contribution < 1.29 is 18.0 Å². The lowest BCUT2D eigenvalue weighted by Crippen LogP contribution is -2.44. The van der Waals surface area contributed by atoms with Crippen LogP contribution in [0.5, 0.6) is 5.75 Å². The lowest BCUT2D eigenvalue weighted by atomic mass is 10.1. The molecule has 2 aromatic carbocycles. The minimum Gasteiger partial charge on any atom is -0.433 e. The van der Waals surface area contributed by atoms with E-state index >= 15 is 0 Å². The predicted octanol–water partition coefficient (Wildman–Crippen LogP) is 5.22. The van der Waals surface area contributed by atoms with Crippen LogP contribution in [0.2, 0.25) is 0 Å². The molecule has 2 heterocycles. The van der Waals surface area contributed by atoms with Crippen LogP contribution in [0.25, 0.3) is 11.4 Å². The van der Waals surface area contributed by atoms with E-state index in [1.54, 1.807) is 24.3 Å². The molecule has 1 unspecified atom stereocenters. The molecule has 0 amide bonds. The molecule has 1 aliphatic heterocycles. The Morgan fingerprint density at radius 2 is 1.72 bits per heavy atom. The first-order valence-corrected chi connectivity index (χ1v) is 11.8. The summed E-state index contributed by atoms with van der Waals surface area (Å²) >= 11 is 0. The molecule has 1 aliphatic rings. The molecule has 0 radical (unpaired) electrons. The monoisotopic (exact) mass is 460 g/mol. The zero-order chi connectivity index (χ0) is 22.7. The van der Waals surface area contributed by atoms with Gasteiger partial charge in [-0.15, -0.1) is 0 Å². The second kappa shape index (κ2) is 9.38. The van der Waals surface area contributed by atoms with Gasteiger partial charge in [0.15, 0.2) is 0 Å². The Balaban J connectivity index is 1.34. The molecule has 32 heavy (non-hydrogen) atoms. The topological polar surface area (TPSA) is 54.6 Å². The first-order chi connectivity index (χ1) is 15.3. The summed E-state index contributed by atoms with van der Waals surface area (Å²) in [5.74, 6) is 5.03. The Labute approximate surface area is 188 Å². The predicted molar refractivity (Wildman–Crippen MR) is 124 cm³/mol. The van der Waals surface area contributed by atoms with E-state index in [1.807, 2.05) is 31.2 Å². The van der Waals surface area contributed by atoms with Crippen LogP contribution in [0.15, 0.2) is 57.9 Å². The summed E-state index contributed by atoms with van der Waals surface area (Å²) in [4.78, 5) is 7.60. The van der Waals surface area contributed by atoms with Crippen LogP contribution < -0.4 is 9.64 Å². The molecule has 0 bridgehead atoms. The molecule has 0 saturated carbocycles. The molecule has 9 heteroatoms. The van der Waals surface area contributed by atoms with E-state index in [4.69, 9.17) is 9.26 Å². The minimum atomic E-state index is -3.15. The number of rotatable bonds is 7. The standard InChI is InChI=1S/C23H26F2N4O2S/c1-4-23(24,25)30-19-9-11-20(12-10-19)32(3)29-15-13-28(14-16-29)22-26-21(27-31-22)18-7-5-17(2)6-8-18/h5-12H,3-4,13-16H2,1-2H3. The van der Waals surface area contributed by atoms with Crippen LogP contribution >= 0.6 is 10.7 Å². The van der Waals surface area contributed by atoms with Gasteiger partial charge in [0.2, 0.25) is 5.82 Å². The van der Waals surface area contributed by atoms with E-state index in [0.29, 0.717) is 11.8 Å². The van der Waals surface area contributed by atoms with E-state index in [0.717, 1.165) is 36.6 Å². The van der Waals surface area contributed by atoms with E-state index in [-0.39, 0.29) is 12.2 Å². The molecular formula is C23H26F2N4O2S. The lowest BCUT2D eigenvalue weighted by Gasteiger charge is -2.35. The van der Waals surface area contributed by atoms with Crippen LogP contribution in [-0.2, 0) is 0 Å². The van der Waals surface area contributed by atoms with Gasteiger partial charge in [0.25, 0.3) is 0 Å². The fourth-order valence-electron chi connectivity index (χ4n) is 3.32. The van der Waals surface area contributed by atoms with Gasteiger partial charge in [-0.25, -0.2) is 4.31 Å². The van der Waals surface area contributed by atoms with Crippen LogP contribution in [0.1, 0.15) is 18.9 Å². The fourth-order valence-corrected chi connectivity index (χ4v) is 4.67. The molecular weight excluding hydrogens is 434 g/mol. The first kappa shape index (κ1) is 22.4. The van der Waals surface area contributed by atoms with Crippen molar-refractivity contribution in [2.45, 2.75) is 31.3 Å². The van der Waals surface area contributed by atoms with Crippen molar-refractivity contribution in [1.29, 1.82) is 0 Å². The van der Waals surface area contributed by atoms with Crippen molar-refractivity contribution in [3.8, 4) is 17.1 Å². The van der Waals surface area contributed by atoms with Crippen molar-refractivity contribution in [3.63, 3.8) is 0 Å². The highest BCUT2D eigenvalue weighted by Gasteiger charge is 2.28. The largest absolute Gasteiger partial charge is 0.433 e. The van der Waals surface area contributed by atoms with E-state index < -0.39 is 16.8 Å². The van der Waals surface area contributed by atoms with Crippen LogP contribution in [0, 0.1) is 6.92 Å². The zero-order valence-corrected chi connectivity index (χ0v) is 18.9. The average Bonchev–Trinajstić information content (AvgIpc) is 3.30. The van der Waals surface area contributed by atoms with Crippen molar-refractivity contribution in [1.82, 2.24) is 14.4 Å². The van der Waals surface area contributed by atoms with E-state index in [1.165, 1.54) is 12.5 Å². The quantitative estimate of drug-likeness (QED) is 0.451. The number of hydrogen-bond acceptors (Lipinski definition) is 6. The van der Waals surface area contributed by atoms with Crippen LogP contribution in [0.3, 0.4) is 0 Å². The molecule has 0 N–H and O–H groups in total. The molecule has 1 atom stereocenters. The number of benzene rings is 2. The Hall–Kier alpha value is -2.78. The summed E-state index contributed by atoms with van der Waals surface area (Å²) in [6.07, 6.45) is -3.52. The average molecular weight is 461 g/mol. The normalized spacial score (nSPS) is 16.2. The number of ether oxygens (including phenoxy) is 1. The second-order valence-corrected chi connectivity index (χ2v) is 9.33. The number of aryl methyl sites for hydroxylation is 1. The summed E-state index contributed by atoms with van der Waals surface area (Å²) in [5, 5.41) is 4.12. The third-order valence-corrected chi connectivity index (χ3v) is 7.13. The molecule has 4 rings (SSSR count). The van der Waals surface area contributed by atoms with Gasteiger partial charge < -0.3 is 14.2 Å². The molecule has 3 aromatic rings. The number of anilines is 1. The van der Waals surface area contributed by atoms with Gasteiger partial charge in [0.1, 0.15) is 5.75 Å². The summed E-state index contributed by atoms with van der Waals surface area (Å²) in [5.41, 5.74) is 2.10. The van der Waals surface area contributed by atoms with Crippen molar-refractivity contribution in [2.75, 3.05) is 31.1 Å². The third-order valence-electron chi connectivity index (χ3n) is 5.32. The Bertz CT molecular complexity index is 1060. The van der Waals surface area contributed by atoms with Gasteiger partial charge >= 0.3 is 12.1 Å². The highest BCUT2D eigenvalue weighted by Crippen LogP contribution is 2.33. The smallest absolute Gasteiger partial charge is 0.397 e. The first-order valence-electron chi connectivity index (χ1n) is 10.5. The molecule has 1 aromatic heterocycles. The van der Waals surface area contributed by atoms with Gasteiger partial charge in [-0.1, -0.05) is 58.4 Å². The van der Waals surface area contributed by atoms with Crippen LogP contribution in [-0.4, -0.2) is 52.6 Å². The molecule has 0 aliphatic carbocycles. The Morgan fingerprint density at radius 3 is 2.34 bits per heavy atom. The van der Waals surface area contributed by atoms with Gasteiger partial charge in [-0.3, -0.25) is 0 Å². The summed E-state index contributed by atoms with van der Waals surface area (Å²) < 4.78 is 39.3. The SMILES string of the molecule is C=S(c1ccc(OC(F)(F)CC)cc1)N1CCN(c2nc(-c3ccc(C)cc3)no2)CC1. The van der Waals surface area contributed by atoms with Gasteiger partial charge in [-0.05, 0) is 31.2 Å². The Kier molecular flexibility index (Phi) is 6.57. The summed E-state index contributed by atoms with van der Waals surface area (Å²) in [6.45, 7) is 6.45. The highest BCUT2D eigenvalue weighted by molar-refractivity contribution is 8.12. The van der Waals surface area contributed by atoms with Crippen molar-refractivity contribution in [3.05, 3.63) is 54.1 Å². The lowest BCUT2D eigenvalue weighted by molar-refractivity contribution is -0.177. The zero-order valence-electron chi connectivity index (χ0n) is 18.1. The Morgan fingerprint density at radius 1 is 1.06 bits per heavy atom. The van der Waals surface area contributed by atoms with Gasteiger partial charge in [0, 0.05) is 43.1 Å². The number of hydrogen-bond donors (Lipinski definition) is 0. The van der Waals surface area contributed by atoms with Gasteiger partial charge in [0.05, 0.1) is 0 Å². The number of alkyl halides is 2. The second-order valence-electron chi connectivity index (χ2n) is 7.61. The van der Waals surface area contributed by atoms with Gasteiger partial charge in [-0.2, -0.15) is 13.8 Å². The van der Waals surface area contributed by atoms with Crippen LogP contribution in [0.4, 0.5) is 14.8 Å². The molecule has 0 spiro atoms. The number of piperazine rings is 1. The maximum absolute atomic E-state index is 13.4. The number of halogens is 2. The maximum atomic E-state index is 13.4. The molecule has 6 nitrogen and oxygen atoms in total.